The number of phenolic OH excluding ortho intramolecular Hbond substituents is 1. The minimum Gasteiger partial charge on any atom is -0.506 e. The van der Waals surface area contributed by atoms with Crippen molar-refractivity contribution in [3.63, 3.8) is 0 Å². The molecule has 0 bridgehead atoms. The van der Waals surface area contributed by atoms with Gasteiger partial charge in [0, 0.05) is 15.7 Å². The average molecular weight is 525 g/mol. The van der Waals surface area contributed by atoms with Crippen molar-refractivity contribution in [1.29, 1.82) is 0 Å². The first-order chi connectivity index (χ1) is 13.8. The lowest BCUT2D eigenvalue weighted by Crippen LogP contribution is -2.38. The highest BCUT2D eigenvalue weighted by atomic mass is 79.9. The Bertz CT molecular complexity index is 1020. The second kappa shape index (κ2) is 8.66. The third-order valence-corrected chi connectivity index (χ3v) is 5.06. The number of carbonyl (C=O) groups excluding carboxylic acids is 3. The fraction of sp³-hybridized carbons (Fsp3) is 0.105. The van der Waals surface area contributed by atoms with Gasteiger partial charge in [-0.15, -0.1) is 0 Å². The van der Waals surface area contributed by atoms with E-state index < -0.39 is 24.4 Å². The number of methoxy groups -OCH3 is 1. The number of hydrogen-bond donors (Lipinski definition) is 3. The van der Waals surface area contributed by atoms with Crippen LogP contribution in [0.15, 0.2) is 51.0 Å². The molecular weight excluding hydrogens is 510 g/mol. The van der Waals surface area contributed by atoms with Crippen LogP contribution in [0, 0.1) is 0 Å². The van der Waals surface area contributed by atoms with Gasteiger partial charge in [0.2, 0.25) is 5.91 Å². The maximum Gasteiger partial charge on any atom is 0.329 e. The number of ether oxygens (including phenoxy) is 1. The summed E-state index contributed by atoms with van der Waals surface area (Å²) in [4.78, 5) is 37.7. The third-order valence-electron chi connectivity index (χ3n) is 4.00. The van der Waals surface area contributed by atoms with E-state index in [0.29, 0.717) is 25.9 Å². The number of nitrogens with one attached hydrogen (secondary N) is 2. The van der Waals surface area contributed by atoms with Crippen molar-refractivity contribution in [3.05, 3.63) is 56.6 Å². The molecule has 150 valence electrons. The van der Waals surface area contributed by atoms with Crippen molar-refractivity contribution in [2.45, 2.75) is 0 Å². The van der Waals surface area contributed by atoms with Gasteiger partial charge in [0.1, 0.15) is 23.7 Å². The zero-order valence-corrected chi connectivity index (χ0v) is 18.2. The van der Waals surface area contributed by atoms with Gasteiger partial charge in [-0.3, -0.25) is 9.59 Å². The molecule has 0 aromatic heterocycles. The number of rotatable bonds is 5. The van der Waals surface area contributed by atoms with E-state index in [1.807, 2.05) is 0 Å². The molecule has 1 heterocycles. The number of anilines is 1. The summed E-state index contributed by atoms with van der Waals surface area (Å²) in [6.45, 7) is -0.456. The normalized spacial score (nSPS) is 14.9. The predicted octanol–water partition coefficient (Wildman–Crippen LogP) is 3.46. The van der Waals surface area contributed by atoms with Gasteiger partial charge in [-0.2, -0.15) is 0 Å². The molecule has 0 atom stereocenters. The quantitative estimate of drug-likeness (QED) is 0.410. The van der Waals surface area contributed by atoms with Gasteiger partial charge >= 0.3 is 6.03 Å². The monoisotopic (exact) mass is 523 g/mol. The van der Waals surface area contributed by atoms with Crippen molar-refractivity contribution in [2.24, 2.45) is 0 Å². The summed E-state index contributed by atoms with van der Waals surface area (Å²) < 4.78 is 6.14. The van der Waals surface area contributed by atoms with Crippen LogP contribution in [-0.4, -0.2) is 41.5 Å². The lowest BCUT2D eigenvalue weighted by atomic mass is 10.1. The van der Waals surface area contributed by atoms with Crippen molar-refractivity contribution < 1.29 is 24.2 Å². The summed E-state index contributed by atoms with van der Waals surface area (Å²) in [7, 11) is 1.53. The van der Waals surface area contributed by atoms with Gasteiger partial charge in [0.15, 0.2) is 0 Å². The Morgan fingerprint density at radius 3 is 2.59 bits per heavy atom. The Morgan fingerprint density at radius 1 is 1.24 bits per heavy atom. The number of urea groups is 1. The van der Waals surface area contributed by atoms with Crippen LogP contribution < -0.4 is 15.4 Å². The topological polar surface area (TPSA) is 108 Å². The van der Waals surface area contributed by atoms with Gasteiger partial charge in [-0.1, -0.05) is 15.9 Å². The molecule has 1 aliphatic rings. The third kappa shape index (κ3) is 4.77. The van der Waals surface area contributed by atoms with E-state index >= 15 is 0 Å². The molecule has 1 aliphatic heterocycles. The van der Waals surface area contributed by atoms with Gasteiger partial charge in [0.05, 0.1) is 11.6 Å². The van der Waals surface area contributed by atoms with Crippen molar-refractivity contribution in [1.82, 2.24) is 10.2 Å². The van der Waals surface area contributed by atoms with Crippen LogP contribution in [0.4, 0.5) is 10.5 Å². The zero-order valence-electron chi connectivity index (χ0n) is 15.0. The molecule has 3 N–H and O–H groups in total. The molecule has 0 saturated carbocycles. The molecule has 10 heteroatoms. The van der Waals surface area contributed by atoms with Gasteiger partial charge < -0.3 is 20.5 Å². The number of nitrogens with zero attached hydrogens (tertiary/aromatic N) is 1. The summed E-state index contributed by atoms with van der Waals surface area (Å²) >= 11 is 6.50. The van der Waals surface area contributed by atoms with Crippen LogP contribution in [-0.2, 0) is 9.59 Å². The van der Waals surface area contributed by atoms with E-state index in [-0.39, 0.29) is 11.4 Å². The first kappa shape index (κ1) is 20.9. The highest BCUT2D eigenvalue weighted by Gasteiger charge is 2.35. The van der Waals surface area contributed by atoms with E-state index in [1.54, 1.807) is 36.4 Å². The Hall–Kier alpha value is -2.85. The van der Waals surface area contributed by atoms with Gasteiger partial charge in [-0.25, -0.2) is 9.69 Å². The van der Waals surface area contributed by atoms with Crippen LogP contribution in [0.2, 0.25) is 0 Å². The Balaban J connectivity index is 1.72. The van der Waals surface area contributed by atoms with Crippen LogP contribution in [0.25, 0.3) is 6.08 Å². The average Bonchev–Trinajstić information content (AvgIpc) is 2.93. The molecular formula is C19H15Br2N3O5. The highest BCUT2D eigenvalue weighted by molar-refractivity contribution is 9.11. The van der Waals surface area contributed by atoms with Crippen LogP contribution in [0.5, 0.6) is 11.5 Å². The van der Waals surface area contributed by atoms with E-state index in [4.69, 9.17) is 4.74 Å². The Morgan fingerprint density at radius 2 is 1.93 bits per heavy atom. The van der Waals surface area contributed by atoms with Crippen LogP contribution in [0.3, 0.4) is 0 Å². The molecule has 8 nitrogen and oxygen atoms in total. The van der Waals surface area contributed by atoms with Crippen molar-refractivity contribution >= 4 is 61.5 Å². The summed E-state index contributed by atoms with van der Waals surface area (Å²) in [5.41, 5.74) is 0.773. The summed E-state index contributed by atoms with van der Waals surface area (Å²) in [6.07, 6.45) is 1.34. The lowest BCUT2D eigenvalue weighted by Gasteiger charge is -2.12. The fourth-order valence-electron chi connectivity index (χ4n) is 2.59. The summed E-state index contributed by atoms with van der Waals surface area (Å²) in [5, 5.41) is 15.1. The molecule has 2 aromatic carbocycles. The second-order valence-electron chi connectivity index (χ2n) is 5.98. The standard InChI is InChI=1S/C19H15Br2N3O5/c1-29-13-4-2-12(3-5-13)22-16(25)9-24-18(27)15(23-19(24)28)7-10-6-11(20)8-14(21)17(10)26/h2-8,26H,9H2,1H3,(H,22,25)(H,23,28)/b15-7-. The van der Waals surface area contributed by atoms with E-state index in [2.05, 4.69) is 42.5 Å². The maximum atomic E-state index is 12.5. The molecule has 0 aliphatic carbocycles. The number of benzene rings is 2. The first-order valence-electron chi connectivity index (χ1n) is 8.25. The number of phenols is 1. The first-order valence-corrected chi connectivity index (χ1v) is 9.83. The van der Waals surface area contributed by atoms with Crippen molar-refractivity contribution in [2.75, 3.05) is 19.0 Å². The molecule has 0 unspecified atom stereocenters. The number of halogens is 2. The smallest absolute Gasteiger partial charge is 0.329 e. The molecule has 3 rings (SSSR count). The molecule has 0 spiro atoms. The van der Waals surface area contributed by atoms with Crippen LogP contribution in [0.1, 0.15) is 5.56 Å². The minimum absolute atomic E-state index is 0.0486. The zero-order chi connectivity index (χ0) is 21.1. The number of carbonyl (C=O) groups is 3. The van der Waals surface area contributed by atoms with E-state index in [1.165, 1.54) is 13.2 Å². The lowest BCUT2D eigenvalue weighted by molar-refractivity contribution is -0.127. The van der Waals surface area contributed by atoms with E-state index in [0.717, 1.165) is 4.90 Å². The van der Waals surface area contributed by atoms with Gasteiger partial charge in [0.25, 0.3) is 5.91 Å². The highest BCUT2D eigenvalue weighted by Crippen LogP contribution is 2.33. The predicted molar refractivity (Wildman–Crippen MR) is 113 cm³/mol. The van der Waals surface area contributed by atoms with E-state index in [9.17, 15) is 19.5 Å². The molecule has 1 saturated heterocycles. The number of hydrogen-bond acceptors (Lipinski definition) is 5. The largest absolute Gasteiger partial charge is 0.506 e. The Labute approximate surface area is 182 Å². The van der Waals surface area contributed by atoms with Gasteiger partial charge in [-0.05, 0) is 58.4 Å². The molecule has 0 radical (unpaired) electrons. The second-order valence-corrected chi connectivity index (χ2v) is 7.75. The number of imide groups is 1. The van der Waals surface area contributed by atoms with Crippen LogP contribution >= 0.6 is 31.9 Å². The summed E-state index contributed by atoms with van der Waals surface area (Å²) in [6, 6.07) is 9.14. The fourth-order valence-corrected chi connectivity index (χ4v) is 3.84. The Kier molecular flexibility index (Phi) is 6.23. The molecule has 29 heavy (non-hydrogen) atoms. The number of aromatic hydroxyl groups is 1. The summed E-state index contributed by atoms with van der Waals surface area (Å²) in [5.74, 6) is -0.656. The molecule has 1 fully saturated rings. The minimum atomic E-state index is -0.723. The molecule has 2 aromatic rings. The maximum absolute atomic E-state index is 12.5. The van der Waals surface area contributed by atoms with Crippen molar-refractivity contribution in [3.8, 4) is 11.5 Å². The SMILES string of the molecule is COc1ccc(NC(=O)CN2C(=O)N/C(=C\c3cc(Br)cc(Br)c3O)C2=O)cc1. The molecule has 4 amide bonds. The number of amides is 4.